The third-order valence-electron chi connectivity index (χ3n) is 13.7. The lowest BCUT2D eigenvalue weighted by Gasteiger charge is -2.48. The molecule has 7 rings (SSSR count). The number of ether oxygens (including phenoxy) is 6. The molecule has 0 aliphatic carbocycles. The lowest BCUT2D eigenvalue weighted by molar-refractivity contribution is -0.302. The van der Waals surface area contributed by atoms with Gasteiger partial charge in [-0.3, -0.25) is 14.7 Å². The molecule has 0 spiro atoms. The van der Waals surface area contributed by atoms with Gasteiger partial charge in [-0.05, 0) is 86.0 Å². The van der Waals surface area contributed by atoms with Crippen LogP contribution in [0.4, 0.5) is 4.79 Å². The van der Waals surface area contributed by atoms with E-state index in [4.69, 9.17) is 42.7 Å². The van der Waals surface area contributed by atoms with Crippen molar-refractivity contribution in [1.82, 2.24) is 20.0 Å². The standard InChI is InChI=1S/C45H66N6O11/c1-12-33-45(9)38-27(5)35(46-17-18-51(38)43(54)62-45)25(3)20-44(8)39(61-42-36(52)32(50(10)11)19-26(4)58-42)28(6)37(29(7)41(53)59-33)55-21-31(22-56-44)49-57-23-34-47-48-40(60-34)30-15-13-24(2)14-16-30/h13-16,25-29,32-33,36-39,42,52H,12,17-23H2,1-11H3/b49-31+/t25-,26+,27+,28+,29-,32-,33-,36+,37+,38-,39-,42-,44-,45-/m1/s1. The first-order valence-electron chi connectivity index (χ1n) is 22.2. The predicted octanol–water partition coefficient (Wildman–Crippen LogP) is 5.21. The van der Waals surface area contributed by atoms with E-state index in [1.165, 1.54) is 0 Å². The van der Waals surface area contributed by atoms with E-state index in [1.54, 1.807) is 11.8 Å². The Balaban J connectivity index is 1.27. The summed E-state index contributed by atoms with van der Waals surface area (Å²) in [6.45, 7) is 18.3. The van der Waals surface area contributed by atoms with E-state index in [9.17, 15) is 14.7 Å². The first kappa shape index (κ1) is 46.0. The molecule has 6 heterocycles. The molecule has 1 aromatic carbocycles. The van der Waals surface area contributed by atoms with E-state index in [0.717, 1.165) is 16.8 Å². The van der Waals surface area contributed by atoms with Crippen molar-refractivity contribution in [1.29, 1.82) is 0 Å². The topological polar surface area (TPSA) is 189 Å². The minimum Gasteiger partial charge on any atom is -0.458 e. The van der Waals surface area contributed by atoms with Crippen LogP contribution in [0.15, 0.2) is 38.8 Å². The number of rotatable bonds is 8. The molecule has 1 N–H and O–H groups in total. The summed E-state index contributed by atoms with van der Waals surface area (Å²) in [4.78, 5) is 42.8. The van der Waals surface area contributed by atoms with Gasteiger partial charge in [-0.15, -0.1) is 10.2 Å². The van der Waals surface area contributed by atoms with Crippen LogP contribution in [-0.2, 0) is 44.7 Å². The summed E-state index contributed by atoms with van der Waals surface area (Å²) in [5.74, 6) is -1.77. The Hall–Kier alpha value is -4.00. The van der Waals surface area contributed by atoms with Crippen molar-refractivity contribution in [2.45, 2.75) is 148 Å². The van der Waals surface area contributed by atoms with Crippen LogP contribution < -0.4 is 0 Å². The van der Waals surface area contributed by atoms with Gasteiger partial charge in [-0.1, -0.05) is 50.5 Å². The number of amides is 1. The quantitative estimate of drug-likeness (QED) is 0.269. The first-order valence-corrected chi connectivity index (χ1v) is 22.2. The number of likely N-dealkylation sites (N-methyl/N-ethyl adjacent to an activating group) is 1. The number of aliphatic hydroxyl groups is 1. The Morgan fingerprint density at radius 1 is 1.03 bits per heavy atom. The number of cyclic esters (lactones) is 1. The molecule has 62 heavy (non-hydrogen) atoms. The summed E-state index contributed by atoms with van der Waals surface area (Å²) >= 11 is 0. The zero-order valence-electron chi connectivity index (χ0n) is 38.1. The fourth-order valence-corrected chi connectivity index (χ4v) is 10.5. The number of carbonyl (C=O) groups excluding carboxylic acids is 2. The molecule has 342 valence electrons. The minimum atomic E-state index is -1.15. The van der Waals surface area contributed by atoms with Gasteiger partial charge < -0.3 is 47.7 Å². The monoisotopic (exact) mass is 866 g/mol. The van der Waals surface area contributed by atoms with Gasteiger partial charge in [0.1, 0.15) is 17.9 Å². The lowest BCUT2D eigenvalue weighted by Crippen LogP contribution is -2.60. The summed E-state index contributed by atoms with van der Waals surface area (Å²) in [7, 11) is 3.86. The highest BCUT2D eigenvalue weighted by Gasteiger charge is 2.60. The molecule has 2 aromatic rings. The van der Waals surface area contributed by atoms with Gasteiger partial charge in [-0.25, -0.2) is 4.79 Å². The van der Waals surface area contributed by atoms with Crippen LogP contribution >= 0.6 is 0 Å². The maximum Gasteiger partial charge on any atom is 0.410 e. The molecule has 5 aliphatic rings. The highest BCUT2D eigenvalue weighted by molar-refractivity contribution is 5.91. The fraction of sp³-hybridized carbons (Fsp3) is 0.733. The number of aryl methyl sites for hydroxylation is 1. The summed E-state index contributed by atoms with van der Waals surface area (Å²) in [6.07, 6.45) is -3.63. The molecule has 4 bridgehead atoms. The van der Waals surface area contributed by atoms with E-state index in [1.807, 2.05) is 84.8 Å². The van der Waals surface area contributed by atoms with Crippen LogP contribution in [-0.4, -0.2) is 149 Å². The van der Waals surface area contributed by atoms with Gasteiger partial charge >= 0.3 is 12.1 Å². The molecule has 0 saturated carbocycles. The van der Waals surface area contributed by atoms with Gasteiger partial charge in [0, 0.05) is 35.7 Å². The molecule has 4 saturated heterocycles. The molecule has 17 nitrogen and oxygen atoms in total. The zero-order chi connectivity index (χ0) is 44.7. The maximum atomic E-state index is 14.6. The van der Waals surface area contributed by atoms with Crippen molar-refractivity contribution in [2.75, 3.05) is 40.4 Å². The Morgan fingerprint density at radius 3 is 2.48 bits per heavy atom. The largest absolute Gasteiger partial charge is 0.458 e. The minimum absolute atomic E-state index is 0.0264. The highest BCUT2D eigenvalue weighted by Crippen LogP contribution is 2.45. The van der Waals surface area contributed by atoms with Crippen LogP contribution in [0.5, 0.6) is 0 Å². The van der Waals surface area contributed by atoms with Crippen molar-refractivity contribution in [3.63, 3.8) is 0 Å². The Labute approximate surface area is 364 Å². The maximum absolute atomic E-state index is 14.6. The molecular formula is C45H66N6O11. The SMILES string of the molecule is CC[C@H]1OC(=O)[C@H](C)[C@H]2OC/C(=N\OCc3nnc(-c4ccc(C)cc4)o3)CO[C@](C)(C[C@@H](C)C3=NCCN4C(=O)O[C@@]1(C)[C@H]4[C@H]3C)[C@H](O[C@H]1O[C@@H](C)C[C@@H](N(C)C)[C@@H]1O)[C@H]2C. The normalized spacial score (nSPS) is 39.0. The second-order valence-electron chi connectivity index (χ2n) is 18.7. The second-order valence-corrected chi connectivity index (χ2v) is 18.7. The number of aliphatic hydroxyl groups excluding tert-OH is 1. The van der Waals surface area contributed by atoms with Crippen molar-refractivity contribution < 1.29 is 52.4 Å². The van der Waals surface area contributed by atoms with Gasteiger partial charge in [0.15, 0.2) is 18.5 Å². The highest BCUT2D eigenvalue weighted by atomic mass is 16.7. The summed E-state index contributed by atoms with van der Waals surface area (Å²) < 4.78 is 45.7. The van der Waals surface area contributed by atoms with Crippen molar-refractivity contribution in [3.05, 3.63) is 35.7 Å². The molecule has 14 atom stereocenters. The molecule has 0 radical (unpaired) electrons. The lowest BCUT2D eigenvalue weighted by atomic mass is 9.72. The van der Waals surface area contributed by atoms with Crippen LogP contribution in [0, 0.1) is 30.6 Å². The molecule has 1 amide bonds. The van der Waals surface area contributed by atoms with Gasteiger partial charge in [0.05, 0.1) is 55.6 Å². The average Bonchev–Trinajstić information content (AvgIpc) is 3.75. The predicted molar refractivity (Wildman–Crippen MR) is 227 cm³/mol. The molecule has 17 heteroatoms. The summed E-state index contributed by atoms with van der Waals surface area (Å²) in [5.41, 5.74) is 0.933. The number of aliphatic imine (C=N–C) groups is 1. The van der Waals surface area contributed by atoms with Crippen LogP contribution in [0.1, 0.15) is 86.1 Å². The third kappa shape index (κ3) is 9.16. The third-order valence-corrected chi connectivity index (χ3v) is 13.7. The van der Waals surface area contributed by atoms with Crippen LogP contribution in [0.3, 0.4) is 0 Å². The number of fused-ring (bicyclic) bond motifs is 4. The van der Waals surface area contributed by atoms with Gasteiger partial charge in [0.2, 0.25) is 5.89 Å². The molecule has 5 aliphatic heterocycles. The fourth-order valence-electron chi connectivity index (χ4n) is 10.5. The number of carbonyl (C=O) groups is 2. The van der Waals surface area contributed by atoms with E-state index in [2.05, 4.69) is 29.2 Å². The van der Waals surface area contributed by atoms with E-state index in [0.29, 0.717) is 44.0 Å². The average molecular weight is 867 g/mol. The Kier molecular flexibility index (Phi) is 13.8. The first-order chi connectivity index (χ1) is 29.4. The number of hydrogen-bond donors (Lipinski definition) is 1. The smallest absolute Gasteiger partial charge is 0.410 e. The van der Waals surface area contributed by atoms with E-state index in [-0.39, 0.29) is 49.7 Å². The number of hydrogen-bond acceptors (Lipinski definition) is 16. The number of nitrogens with zero attached hydrogens (tertiary/aromatic N) is 6. The van der Waals surface area contributed by atoms with Crippen molar-refractivity contribution in [3.8, 4) is 11.5 Å². The van der Waals surface area contributed by atoms with E-state index < -0.39 is 71.8 Å². The second kappa shape index (κ2) is 18.6. The Morgan fingerprint density at radius 2 is 1.77 bits per heavy atom. The van der Waals surface area contributed by atoms with Crippen LogP contribution in [0.25, 0.3) is 11.5 Å². The molecule has 4 fully saturated rings. The molecular weight excluding hydrogens is 801 g/mol. The Bertz CT molecular complexity index is 1960. The van der Waals surface area contributed by atoms with Crippen molar-refractivity contribution >= 4 is 23.5 Å². The van der Waals surface area contributed by atoms with Crippen molar-refractivity contribution in [2.24, 2.45) is 33.8 Å². The molecule has 0 unspecified atom stereocenters. The van der Waals surface area contributed by atoms with Gasteiger partial charge in [-0.2, -0.15) is 0 Å². The number of esters is 1. The zero-order valence-corrected chi connectivity index (χ0v) is 38.1. The number of oxime groups is 1. The van der Waals surface area contributed by atoms with Gasteiger partial charge in [0.25, 0.3) is 5.89 Å². The van der Waals surface area contributed by atoms with Crippen LogP contribution in [0.2, 0.25) is 0 Å². The van der Waals surface area contributed by atoms with E-state index >= 15 is 0 Å². The number of benzene rings is 1. The molecule has 1 aromatic heterocycles. The number of aromatic nitrogens is 2. The summed E-state index contributed by atoms with van der Waals surface area (Å²) in [6, 6.07) is 7.09. The summed E-state index contributed by atoms with van der Waals surface area (Å²) in [5, 5.41) is 24.6.